The van der Waals surface area contributed by atoms with E-state index in [4.69, 9.17) is 0 Å². The molecule has 1 fully saturated rings. The van der Waals surface area contributed by atoms with Gasteiger partial charge in [-0.15, -0.1) is 0 Å². The van der Waals surface area contributed by atoms with Crippen LogP contribution in [0.1, 0.15) is 30.1 Å². The van der Waals surface area contributed by atoms with Gasteiger partial charge in [-0.3, -0.25) is 0 Å². The van der Waals surface area contributed by atoms with Crippen LogP contribution in [0.5, 0.6) is 0 Å². The van der Waals surface area contributed by atoms with Crippen LogP contribution in [0.4, 0.5) is 11.6 Å². The minimum absolute atomic E-state index is 0.656. The predicted molar refractivity (Wildman–Crippen MR) is 69.7 cm³/mol. The summed E-state index contributed by atoms with van der Waals surface area (Å²) in [5.41, 5.74) is 3.45. The van der Waals surface area contributed by atoms with Gasteiger partial charge >= 0.3 is 0 Å². The highest BCUT2D eigenvalue weighted by Crippen LogP contribution is 2.37. The van der Waals surface area contributed by atoms with Crippen molar-refractivity contribution in [3.8, 4) is 0 Å². The van der Waals surface area contributed by atoms with Crippen LogP contribution in [-0.2, 0) is 0 Å². The number of aryl methyl sites for hydroxylation is 2. The number of aromatic nitrogens is 2. The maximum absolute atomic E-state index is 4.55. The van der Waals surface area contributed by atoms with Crippen molar-refractivity contribution in [3.05, 3.63) is 41.7 Å². The van der Waals surface area contributed by atoms with Crippen molar-refractivity contribution in [2.45, 2.75) is 32.7 Å². The lowest BCUT2D eigenvalue weighted by molar-refractivity contribution is 0.750. The molecule has 1 N–H and O–H groups in total. The third-order valence-electron chi connectivity index (χ3n) is 3.07. The number of benzene rings is 1. The SMILES string of the molecule is Cc1cccc(Nc2nc(C)cn2C2CC2)c1. The fraction of sp³-hybridized carbons (Fsp3) is 0.357. The van der Waals surface area contributed by atoms with E-state index in [1.165, 1.54) is 18.4 Å². The summed E-state index contributed by atoms with van der Waals surface area (Å²) in [6, 6.07) is 9.04. The fourth-order valence-electron chi connectivity index (χ4n) is 2.09. The number of nitrogens with one attached hydrogen (secondary N) is 1. The van der Waals surface area contributed by atoms with Gasteiger partial charge in [-0.05, 0) is 44.4 Å². The lowest BCUT2D eigenvalue weighted by atomic mass is 10.2. The summed E-state index contributed by atoms with van der Waals surface area (Å²) in [4.78, 5) is 4.55. The molecule has 3 heteroatoms. The molecule has 0 aliphatic heterocycles. The molecule has 1 aliphatic rings. The minimum atomic E-state index is 0.656. The molecule has 88 valence electrons. The van der Waals surface area contributed by atoms with Gasteiger partial charge in [0.1, 0.15) is 0 Å². The average molecular weight is 227 g/mol. The van der Waals surface area contributed by atoms with Crippen LogP contribution in [0.25, 0.3) is 0 Å². The molecule has 1 saturated carbocycles. The zero-order valence-corrected chi connectivity index (χ0v) is 10.3. The van der Waals surface area contributed by atoms with Gasteiger partial charge in [0.05, 0.1) is 5.69 Å². The van der Waals surface area contributed by atoms with E-state index in [9.17, 15) is 0 Å². The van der Waals surface area contributed by atoms with Crippen molar-refractivity contribution in [2.24, 2.45) is 0 Å². The molecule has 1 aromatic carbocycles. The Bertz CT molecular complexity index is 538. The highest BCUT2D eigenvalue weighted by molar-refractivity contribution is 5.55. The first-order valence-corrected chi connectivity index (χ1v) is 6.11. The van der Waals surface area contributed by atoms with E-state index in [2.05, 4.69) is 52.3 Å². The summed E-state index contributed by atoms with van der Waals surface area (Å²) >= 11 is 0. The number of nitrogens with zero attached hydrogens (tertiary/aromatic N) is 2. The van der Waals surface area contributed by atoms with Crippen molar-refractivity contribution in [2.75, 3.05) is 5.32 Å². The summed E-state index contributed by atoms with van der Waals surface area (Å²) in [6.45, 7) is 4.14. The second-order valence-corrected chi connectivity index (χ2v) is 4.84. The smallest absolute Gasteiger partial charge is 0.207 e. The molecule has 1 aliphatic carbocycles. The largest absolute Gasteiger partial charge is 0.326 e. The molecule has 1 heterocycles. The van der Waals surface area contributed by atoms with Crippen LogP contribution < -0.4 is 5.32 Å². The summed E-state index contributed by atoms with van der Waals surface area (Å²) in [5.74, 6) is 0.968. The second kappa shape index (κ2) is 3.91. The lowest BCUT2D eigenvalue weighted by Crippen LogP contribution is -2.01. The van der Waals surface area contributed by atoms with Gasteiger partial charge in [-0.25, -0.2) is 4.98 Å². The lowest BCUT2D eigenvalue weighted by Gasteiger charge is -2.09. The molecule has 1 aromatic heterocycles. The fourth-order valence-corrected chi connectivity index (χ4v) is 2.09. The quantitative estimate of drug-likeness (QED) is 0.868. The van der Waals surface area contributed by atoms with Crippen molar-refractivity contribution in [1.29, 1.82) is 0 Å². The van der Waals surface area contributed by atoms with E-state index in [0.29, 0.717) is 6.04 Å². The maximum Gasteiger partial charge on any atom is 0.207 e. The standard InChI is InChI=1S/C14H17N3/c1-10-4-3-5-12(8-10)16-14-15-11(2)9-17(14)13-6-7-13/h3-5,8-9,13H,6-7H2,1-2H3,(H,15,16). The Balaban J connectivity index is 1.89. The van der Waals surface area contributed by atoms with Crippen molar-refractivity contribution in [1.82, 2.24) is 9.55 Å². The van der Waals surface area contributed by atoms with Gasteiger partial charge in [0.2, 0.25) is 5.95 Å². The number of anilines is 2. The Hall–Kier alpha value is -1.77. The molecule has 3 nitrogen and oxygen atoms in total. The van der Waals surface area contributed by atoms with Crippen LogP contribution in [-0.4, -0.2) is 9.55 Å². The summed E-state index contributed by atoms with van der Waals surface area (Å²) in [5, 5.41) is 3.41. The third-order valence-corrected chi connectivity index (χ3v) is 3.07. The van der Waals surface area contributed by atoms with E-state index in [1.807, 2.05) is 6.92 Å². The van der Waals surface area contributed by atoms with Gasteiger partial charge in [0, 0.05) is 17.9 Å². The first-order chi connectivity index (χ1) is 8.22. The van der Waals surface area contributed by atoms with Gasteiger partial charge in [0.25, 0.3) is 0 Å². The van der Waals surface area contributed by atoms with E-state index >= 15 is 0 Å². The minimum Gasteiger partial charge on any atom is -0.326 e. The number of imidazole rings is 1. The monoisotopic (exact) mass is 227 g/mol. The zero-order chi connectivity index (χ0) is 11.8. The molecule has 0 atom stereocenters. The van der Waals surface area contributed by atoms with E-state index in [0.717, 1.165) is 17.3 Å². The Morgan fingerprint density at radius 2 is 2.12 bits per heavy atom. The van der Waals surface area contributed by atoms with Gasteiger partial charge in [-0.2, -0.15) is 0 Å². The maximum atomic E-state index is 4.55. The van der Waals surface area contributed by atoms with Crippen molar-refractivity contribution >= 4 is 11.6 Å². The predicted octanol–water partition coefficient (Wildman–Crippen LogP) is 3.58. The van der Waals surface area contributed by atoms with Crippen LogP contribution in [0.15, 0.2) is 30.5 Å². The molecule has 2 aromatic rings. The molecule has 0 spiro atoms. The molecular formula is C14H17N3. The van der Waals surface area contributed by atoms with Crippen LogP contribution in [0, 0.1) is 13.8 Å². The van der Waals surface area contributed by atoms with Gasteiger partial charge in [-0.1, -0.05) is 12.1 Å². The molecule has 0 amide bonds. The van der Waals surface area contributed by atoms with E-state index < -0.39 is 0 Å². The highest BCUT2D eigenvalue weighted by atomic mass is 15.2. The van der Waals surface area contributed by atoms with E-state index in [1.54, 1.807) is 0 Å². The Kier molecular flexibility index (Phi) is 2.39. The number of hydrogen-bond donors (Lipinski definition) is 1. The molecular weight excluding hydrogens is 210 g/mol. The zero-order valence-electron chi connectivity index (χ0n) is 10.3. The van der Waals surface area contributed by atoms with Crippen LogP contribution in [0.2, 0.25) is 0 Å². The van der Waals surface area contributed by atoms with Crippen LogP contribution in [0.3, 0.4) is 0 Å². The second-order valence-electron chi connectivity index (χ2n) is 4.84. The first-order valence-electron chi connectivity index (χ1n) is 6.11. The number of hydrogen-bond acceptors (Lipinski definition) is 2. The third kappa shape index (κ3) is 2.18. The normalized spacial score (nSPS) is 14.9. The van der Waals surface area contributed by atoms with Crippen LogP contribution >= 0.6 is 0 Å². The molecule has 0 saturated heterocycles. The van der Waals surface area contributed by atoms with E-state index in [-0.39, 0.29) is 0 Å². The molecule has 17 heavy (non-hydrogen) atoms. The summed E-state index contributed by atoms with van der Waals surface area (Å²) < 4.78 is 2.26. The summed E-state index contributed by atoms with van der Waals surface area (Å²) in [7, 11) is 0. The van der Waals surface area contributed by atoms with Crippen molar-refractivity contribution in [3.63, 3.8) is 0 Å². The van der Waals surface area contributed by atoms with Gasteiger partial charge in [0.15, 0.2) is 0 Å². The molecule has 0 radical (unpaired) electrons. The Morgan fingerprint density at radius 3 is 2.82 bits per heavy atom. The van der Waals surface area contributed by atoms with Gasteiger partial charge < -0.3 is 9.88 Å². The molecule has 0 bridgehead atoms. The van der Waals surface area contributed by atoms with Crippen molar-refractivity contribution < 1.29 is 0 Å². The average Bonchev–Trinajstić information content (AvgIpc) is 3.04. The molecule has 3 rings (SSSR count). The Labute approximate surface area is 101 Å². The number of rotatable bonds is 3. The first kappa shape index (κ1) is 10.4. The Morgan fingerprint density at radius 1 is 1.29 bits per heavy atom. The molecule has 0 unspecified atom stereocenters. The summed E-state index contributed by atoms with van der Waals surface area (Å²) in [6.07, 6.45) is 4.69. The topological polar surface area (TPSA) is 29.9 Å². The highest BCUT2D eigenvalue weighted by Gasteiger charge is 2.26.